The minimum absolute atomic E-state index is 0.105. The van der Waals surface area contributed by atoms with Crippen LogP contribution in [0.25, 0.3) is 22.3 Å². The molecule has 1 radical (unpaired) electrons. The maximum absolute atomic E-state index is 14.0. The van der Waals surface area contributed by atoms with E-state index in [0.29, 0.717) is 22.3 Å². The molecule has 22 heavy (non-hydrogen) atoms. The minimum Gasteiger partial charge on any atom is -0.206 e. The first-order chi connectivity index (χ1) is 10.6. The van der Waals surface area contributed by atoms with Crippen molar-refractivity contribution < 1.29 is 13.2 Å². The molecule has 0 aliphatic rings. The van der Waals surface area contributed by atoms with Crippen LogP contribution < -0.4 is 0 Å². The van der Waals surface area contributed by atoms with Gasteiger partial charge in [-0.1, -0.05) is 36.4 Å². The van der Waals surface area contributed by atoms with Crippen LogP contribution in [-0.2, 0) is 0 Å². The molecule has 3 aromatic carbocycles. The van der Waals surface area contributed by atoms with Gasteiger partial charge in [-0.2, -0.15) is 0 Å². The third-order valence-corrected chi connectivity index (χ3v) is 3.63. The fraction of sp³-hybridized carbons (Fsp3) is 0.0526. The minimum atomic E-state index is -0.645. The van der Waals surface area contributed by atoms with Crippen LogP contribution in [0, 0.1) is 30.4 Å². The Hall–Kier alpha value is -2.55. The summed E-state index contributed by atoms with van der Waals surface area (Å²) in [6, 6.07) is 16.1. The van der Waals surface area contributed by atoms with Crippen molar-refractivity contribution >= 4 is 0 Å². The van der Waals surface area contributed by atoms with Crippen LogP contribution in [0.1, 0.15) is 5.56 Å². The number of hydrogen-bond acceptors (Lipinski definition) is 0. The molecule has 0 spiro atoms. The van der Waals surface area contributed by atoms with Gasteiger partial charge in [-0.05, 0) is 47.9 Å². The Bertz CT molecular complexity index is 818. The van der Waals surface area contributed by atoms with E-state index in [1.165, 1.54) is 24.3 Å². The van der Waals surface area contributed by atoms with E-state index in [1.807, 2.05) is 0 Å². The topological polar surface area (TPSA) is 0 Å². The van der Waals surface area contributed by atoms with Gasteiger partial charge in [0.15, 0.2) is 0 Å². The summed E-state index contributed by atoms with van der Waals surface area (Å²) in [5.74, 6) is -1.68. The monoisotopic (exact) mass is 297 g/mol. The molecule has 3 aromatic rings. The second kappa shape index (κ2) is 5.68. The summed E-state index contributed by atoms with van der Waals surface area (Å²) in [6.45, 7) is 1.71. The van der Waals surface area contributed by atoms with Gasteiger partial charge in [-0.3, -0.25) is 0 Å². The van der Waals surface area contributed by atoms with Gasteiger partial charge in [0, 0.05) is 5.56 Å². The van der Waals surface area contributed by atoms with Crippen molar-refractivity contribution in [3.63, 3.8) is 0 Å². The van der Waals surface area contributed by atoms with Crippen LogP contribution in [-0.4, -0.2) is 0 Å². The number of halogens is 3. The predicted molar refractivity (Wildman–Crippen MR) is 80.8 cm³/mol. The van der Waals surface area contributed by atoms with Crippen LogP contribution in [0.3, 0.4) is 0 Å². The van der Waals surface area contributed by atoms with Crippen LogP contribution in [0.4, 0.5) is 13.2 Å². The lowest BCUT2D eigenvalue weighted by molar-refractivity contribution is 0.589. The largest absolute Gasteiger partial charge is 0.206 e. The predicted octanol–water partition coefficient (Wildman–Crippen LogP) is 5.55. The molecule has 0 saturated heterocycles. The normalized spacial score (nSPS) is 10.7. The Morgan fingerprint density at radius 3 is 2.05 bits per heavy atom. The molecule has 0 heterocycles. The average Bonchev–Trinajstić information content (AvgIpc) is 2.50. The van der Waals surface area contributed by atoms with Crippen LogP contribution in [0.5, 0.6) is 0 Å². The molecule has 0 aromatic heterocycles. The maximum Gasteiger partial charge on any atom is 0.133 e. The molecule has 0 aliphatic carbocycles. The van der Waals surface area contributed by atoms with Crippen molar-refractivity contribution in [3.05, 3.63) is 83.7 Å². The van der Waals surface area contributed by atoms with E-state index in [1.54, 1.807) is 37.3 Å². The van der Waals surface area contributed by atoms with E-state index in [4.69, 9.17) is 0 Å². The van der Waals surface area contributed by atoms with Crippen LogP contribution in [0.2, 0.25) is 0 Å². The molecule has 109 valence electrons. The number of hydrogen-bond donors (Lipinski definition) is 0. The third kappa shape index (κ3) is 2.39. The van der Waals surface area contributed by atoms with E-state index in [0.717, 1.165) is 0 Å². The summed E-state index contributed by atoms with van der Waals surface area (Å²) in [5, 5.41) is 0. The smallest absolute Gasteiger partial charge is 0.133 e. The standard InChI is InChI=1S/C19H12F3/c1-12-13(15-6-2-3-9-16(15)20)7-4-8-14(12)19-17(21)10-5-11-18(19)22/h2-6,8-11H,1H3. The molecule has 3 heteroatoms. The Balaban J connectivity index is 2.25. The second-order valence-electron chi connectivity index (χ2n) is 4.97. The van der Waals surface area contributed by atoms with E-state index in [9.17, 15) is 13.2 Å². The summed E-state index contributed by atoms with van der Waals surface area (Å²) >= 11 is 0. The molecule has 0 unspecified atom stereocenters. The summed E-state index contributed by atoms with van der Waals surface area (Å²) < 4.78 is 42.0. The molecule has 0 aliphatic heterocycles. The molecule has 0 bridgehead atoms. The van der Waals surface area contributed by atoms with E-state index < -0.39 is 17.5 Å². The van der Waals surface area contributed by atoms with Gasteiger partial charge >= 0.3 is 0 Å². The first-order valence-corrected chi connectivity index (χ1v) is 6.80. The summed E-state index contributed by atoms with van der Waals surface area (Å²) in [5.41, 5.74) is 1.73. The summed E-state index contributed by atoms with van der Waals surface area (Å²) in [6.07, 6.45) is 0. The van der Waals surface area contributed by atoms with Gasteiger partial charge in [0.2, 0.25) is 0 Å². The Morgan fingerprint density at radius 2 is 1.36 bits per heavy atom. The lowest BCUT2D eigenvalue weighted by Crippen LogP contribution is -1.95. The molecule has 0 atom stereocenters. The quantitative estimate of drug-likeness (QED) is 0.582. The lowest BCUT2D eigenvalue weighted by atomic mass is 9.92. The second-order valence-corrected chi connectivity index (χ2v) is 4.97. The molecular weight excluding hydrogens is 285 g/mol. The third-order valence-electron chi connectivity index (χ3n) is 3.63. The summed E-state index contributed by atoms with van der Waals surface area (Å²) in [7, 11) is 0. The van der Waals surface area contributed by atoms with E-state index >= 15 is 0 Å². The van der Waals surface area contributed by atoms with Gasteiger partial charge in [0.25, 0.3) is 0 Å². The number of benzene rings is 3. The highest BCUT2D eigenvalue weighted by Crippen LogP contribution is 2.34. The van der Waals surface area contributed by atoms with Gasteiger partial charge in [-0.25, -0.2) is 13.2 Å². The molecule has 0 fully saturated rings. The van der Waals surface area contributed by atoms with Gasteiger partial charge in [-0.15, -0.1) is 0 Å². The van der Waals surface area contributed by atoms with E-state index in [-0.39, 0.29) is 5.56 Å². The zero-order valence-corrected chi connectivity index (χ0v) is 11.8. The zero-order chi connectivity index (χ0) is 15.7. The van der Waals surface area contributed by atoms with Crippen LogP contribution in [0.15, 0.2) is 54.6 Å². The van der Waals surface area contributed by atoms with Gasteiger partial charge < -0.3 is 0 Å². The molecule has 3 rings (SSSR count). The van der Waals surface area contributed by atoms with Crippen molar-refractivity contribution in [2.45, 2.75) is 6.92 Å². The zero-order valence-electron chi connectivity index (χ0n) is 11.8. The Kier molecular flexibility index (Phi) is 3.72. The average molecular weight is 297 g/mol. The number of rotatable bonds is 2. The molecule has 0 nitrogen and oxygen atoms in total. The summed E-state index contributed by atoms with van der Waals surface area (Å²) in [4.78, 5) is 0. The van der Waals surface area contributed by atoms with Crippen molar-refractivity contribution in [2.24, 2.45) is 0 Å². The molecule has 0 saturated carbocycles. The first kappa shape index (κ1) is 14.4. The fourth-order valence-corrected chi connectivity index (χ4v) is 2.55. The van der Waals surface area contributed by atoms with Crippen molar-refractivity contribution in [3.8, 4) is 22.3 Å². The van der Waals surface area contributed by atoms with Gasteiger partial charge in [0.1, 0.15) is 17.5 Å². The maximum atomic E-state index is 14.0. The van der Waals surface area contributed by atoms with E-state index in [2.05, 4.69) is 6.07 Å². The SMILES string of the molecule is Cc1c(-c2ccccc2F)[c]ccc1-c1c(F)cccc1F. The Morgan fingerprint density at radius 1 is 0.727 bits per heavy atom. The highest BCUT2D eigenvalue weighted by molar-refractivity contribution is 5.78. The fourth-order valence-electron chi connectivity index (χ4n) is 2.55. The van der Waals surface area contributed by atoms with Gasteiger partial charge in [0.05, 0.1) is 5.56 Å². The molecular formula is C19H12F3. The molecule has 0 N–H and O–H groups in total. The van der Waals surface area contributed by atoms with Crippen molar-refractivity contribution in [2.75, 3.05) is 0 Å². The van der Waals surface area contributed by atoms with Crippen molar-refractivity contribution in [1.82, 2.24) is 0 Å². The molecule has 0 amide bonds. The first-order valence-electron chi connectivity index (χ1n) is 6.80. The van der Waals surface area contributed by atoms with Crippen molar-refractivity contribution in [1.29, 1.82) is 0 Å². The lowest BCUT2D eigenvalue weighted by Gasteiger charge is -2.13. The Labute approximate surface area is 126 Å². The highest BCUT2D eigenvalue weighted by atomic mass is 19.1. The van der Waals surface area contributed by atoms with Crippen LogP contribution >= 0.6 is 0 Å². The highest BCUT2D eigenvalue weighted by Gasteiger charge is 2.16.